The van der Waals surface area contributed by atoms with Crippen molar-refractivity contribution in [2.24, 2.45) is 0 Å². The Morgan fingerprint density at radius 2 is 1.52 bits per heavy atom. The van der Waals surface area contributed by atoms with Crippen LogP contribution in [0.1, 0.15) is 52.0 Å². The summed E-state index contributed by atoms with van der Waals surface area (Å²) in [6.07, 6.45) is 3.77. The van der Waals surface area contributed by atoms with Gasteiger partial charge in [-0.05, 0) is 31.0 Å². The molecule has 0 radical (unpaired) electrons. The molecule has 0 atom stereocenters. The number of benzene rings is 1. The quantitative estimate of drug-likeness (QED) is 0.712. The van der Waals surface area contributed by atoms with Gasteiger partial charge in [0.1, 0.15) is 5.75 Å². The standard InChI is InChI=1S/C18H22O8Si/c1-12(19)24-27(25-13(2)20,26-14(3)21)16-6-7-17-15(10-16)11-22-18(23-17)8-4-5-9-18/h6-7,10H,4-5,8-9,11H2,1-3H3. The van der Waals surface area contributed by atoms with Crippen molar-refractivity contribution in [2.45, 2.75) is 58.8 Å². The third-order valence-electron chi connectivity index (χ3n) is 4.40. The number of ether oxygens (including phenoxy) is 2. The predicted molar refractivity (Wildman–Crippen MR) is 93.7 cm³/mol. The molecule has 1 aliphatic carbocycles. The van der Waals surface area contributed by atoms with Gasteiger partial charge in [0.15, 0.2) is 0 Å². The highest BCUT2D eigenvalue weighted by atomic mass is 28.4. The highest BCUT2D eigenvalue weighted by molar-refractivity contribution is 6.79. The van der Waals surface area contributed by atoms with Gasteiger partial charge >= 0.3 is 8.80 Å². The summed E-state index contributed by atoms with van der Waals surface area (Å²) >= 11 is 0. The smallest absolute Gasteiger partial charge is 0.462 e. The van der Waals surface area contributed by atoms with E-state index >= 15 is 0 Å². The van der Waals surface area contributed by atoms with Crippen LogP contribution in [0.5, 0.6) is 5.75 Å². The lowest BCUT2D eigenvalue weighted by atomic mass is 10.1. The minimum absolute atomic E-state index is 0.299. The van der Waals surface area contributed by atoms with E-state index in [1.807, 2.05) is 0 Å². The Morgan fingerprint density at radius 3 is 2.04 bits per heavy atom. The maximum atomic E-state index is 11.6. The summed E-state index contributed by atoms with van der Waals surface area (Å²) in [5.74, 6) is -2.09. The van der Waals surface area contributed by atoms with Gasteiger partial charge in [-0.25, -0.2) is 0 Å². The lowest BCUT2D eigenvalue weighted by Crippen LogP contribution is -2.59. The maximum Gasteiger partial charge on any atom is 0.742 e. The molecule has 0 saturated heterocycles. The van der Waals surface area contributed by atoms with Crippen LogP contribution < -0.4 is 9.92 Å². The van der Waals surface area contributed by atoms with Crippen LogP contribution in [-0.2, 0) is 39.0 Å². The van der Waals surface area contributed by atoms with E-state index < -0.39 is 32.5 Å². The van der Waals surface area contributed by atoms with Crippen LogP contribution in [0.15, 0.2) is 18.2 Å². The number of hydrogen-bond donors (Lipinski definition) is 0. The van der Waals surface area contributed by atoms with Gasteiger partial charge in [-0.2, -0.15) is 0 Å². The second kappa shape index (κ2) is 7.32. The molecule has 9 heteroatoms. The zero-order chi connectivity index (χ0) is 19.7. The van der Waals surface area contributed by atoms with Gasteiger partial charge < -0.3 is 22.8 Å². The SMILES string of the molecule is CC(=O)O[Si](OC(C)=O)(OC(C)=O)c1ccc2c(c1)COC1(CCCC1)O2. The van der Waals surface area contributed by atoms with Crippen molar-refractivity contribution in [3.05, 3.63) is 23.8 Å². The van der Waals surface area contributed by atoms with Crippen molar-refractivity contribution in [3.63, 3.8) is 0 Å². The minimum atomic E-state index is -4.12. The first-order valence-electron chi connectivity index (χ1n) is 8.79. The molecule has 1 heterocycles. The van der Waals surface area contributed by atoms with Gasteiger partial charge in [0.05, 0.1) is 11.8 Å². The van der Waals surface area contributed by atoms with Crippen LogP contribution in [0.4, 0.5) is 0 Å². The molecule has 1 fully saturated rings. The largest absolute Gasteiger partial charge is 0.742 e. The maximum absolute atomic E-state index is 11.6. The summed E-state index contributed by atoms with van der Waals surface area (Å²) < 4.78 is 27.8. The Hall–Kier alpha value is -2.39. The molecule has 146 valence electrons. The average Bonchev–Trinajstić information content (AvgIpc) is 3.00. The van der Waals surface area contributed by atoms with Crippen LogP contribution >= 0.6 is 0 Å². The number of fused-ring (bicyclic) bond motifs is 1. The Kier molecular flexibility index (Phi) is 5.25. The predicted octanol–water partition coefficient (Wildman–Crippen LogP) is 1.70. The zero-order valence-corrected chi connectivity index (χ0v) is 16.5. The van der Waals surface area contributed by atoms with Crippen LogP contribution in [0.2, 0.25) is 0 Å². The fourth-order valence-corrected chi connectivity index (χ4v) is 5.64. The van der Waals surface area contributed by atoms with Gasteiger partial charge in [-0.15, -0.1) is 0 Å². The Bertz CT molecular complexity index is 728. The van der Waals surface area contributed by atoms with E-state index in [0.717, 1.165) is 46.5 Å². The minimum Gasteiger partial charge on any atom is -0.462 e. The Balaban J connectivity index is 1.98. The molecule has 8 nitrogen and oxygen atoms in total. The van der Waals surface area contributed by atoms with E-state index in [1.54, 1.807) is 18.2 Å². The summed E-state index contributed by atoms with van der Waals surface area (Å²) in [4.78, 5) is 34.9. The van der Waals surface area contributed by atoms with Crippen molar-refractivity contribution in [2.75, 3.05) is 0 Å². The first-order chi connectivity index (χ1) is 12.7. The highest BCUT2D eigenvalue weighted by Crippen LogP contribution is 2.41. The topological polar surface area (TPSA) is 97.4 Å². The second-order valence-electron chi connectivity index (χ2n) is 6.67. The summed E-state index contributed by atoms with van der Waals surface area (Å²) in [6, 6.07) is 4.93. The first-order valence-corrected chi connectivity index (χ1v) is 10.5. The number of carbonyl (C=O) groups excluding carboxylic acids is 3. The van der Waals surface area contributed by atoms with Gasteiger partial charge in [0, 0.05) is 39.2 Å². The molecule has 1 aromatic rings. The number of hydrogen-bond acceptors (Lipinski definition) is 8. The van der Waals surface area contributed by atoms with Gasteiger partial charge in [-0.3, -0.25) is 14.4 Å². The highest BCUT2D eigenvalue weighted by Gasteiger charge is 2.55. The van der Waals surface area contributed by atoms with Gasteiger partial charge in [-0.1, -0.05) is 0 Å². The van der Waals surface area contributed by atoms with Crippen LogP contribution in [0.25, 0.3) is 0 Å². The molecular weight excluding hydrogens is 372 g/mol. The molecule has 1 spiro atoms. The molecule has 0 unspecified atom stereocenters. The monoisotopic (exact) mass is 394 g/mol. The third-order valence-corrected chi connectivity index (χ3v) is 7.09. The molecule has 2 aliphatic rings. The number of rotatable bonds is 4. The molecule has 3 rings (SSSR count). The fourth-order valence-electron chi connectivity index (χ4n) is 3.39. The third kappa shape index (κ3) is 4.14. The van der Waals surface area contributed by atoms with E-state index in [1.165, 1.54) is 0 Å². The lowest BCUT2D eigenvalue weighted by Gasteiger charge is -2.36. The van der Waals surface area contributed by atoms with Crippen molar-refractivity contribution in [1.29, 1.82) is 0 Å². The molecular formula is C18H22O8Si. The van der Waals surface area contributed by atoms with Crippen molar-refractivity contribution in [1.82, 2.24) is 0 Å². The van der Waals surface area contributed by atoms with Crippen molar-refractivity contribution < 1.29 is 37.1 Å². The molecule has 0 amide bonds. The van der Waals surface area contributed by atoms with Crippen molar-refractivity contribution >= 4 is 31.9 Å². The first kappa shape index (κ1) is 19.4. The molecule has 0 bridgehead atoms. The van der Waals surface area contributed by atoms with E-state index in [9.17, 15) is 14.4 Å². The lowest BCUT2D eigenvalue weighted by molar-refractivity contribution is -0.200. The zero-order valence-electron chi connectivity index (χ0n) is 15.5. The second-order valence-corrected chi connectivity index (χ2v) is 8.97. The van der Waals surface area contributed by atoms with E-state index in [0.29, 0.717) is 23.1 Å². The van der Waals surface area contributed by atoms with Crippen molar-refractivity contribution in [3.8, 4) is 5.75 Å². The molecule has 1 aromatic carbocycles. The van der Waals surface area contributed by atoms with Gasteiger partial charge in [0.2, 0.25) is 5.79 Å². The normalized spacial score (nSPS) is 17.6. The molecule has 1 aliphatic heterocycles. The van der Waals surface area contributed by atoms with Gasteiger partial charge in [0.25, 0.3) is 17.9 Å². The molecule has 0 aromatic heterocycles. The molecule has 27 heavy (non-hydrogen) atoms. The van der Waals surface area contributed by atoms with Crippen LogP contribution in [0.3, 0.4) is 0 Å². The summed E-state index contributed by atoms with van der Waals surface area (Å²) in [6.45, 7) is 3.77. The summed E-state index contributed by atoms with van der Waals surface area (Å²) in [5.41, 5.74) is 0.702. The van der Waals surface area contributed by atoms with E-state index in [-0.39, 0.29) is 0 Å². The Labute approximate surface area is 158 Å². The average molecular weight is 394 g/mol. The number of carbonyl (C=O) groups is 3. The fraction of sp³-hybridized carbons (Fsp3) is 0.500. The van der Waals surface area contributed by atoms with Crippen LogP contribution in [-0.4, -0.2) is 32.5 Å². The summed E-state index contributed by atoms with van der Waals surface area (Å²) in [7, 11) is -4.12. The summed E-state index contributed by atoms with van der Waals surface area (Å²) in [5, 5.41) is 0.302. The Morgan fingerprint density at radius 1 is 0.963 bits per heavy atom. The molecule has 1 saturated carbocycles. The van der Waals surface area contributed by atoms with Crippen LogP contribution in [0, 0.1) is 0 Å². The van der Waals surface area contributed by atoms with E-state index in [4.69, 9.17) is 22.8 Å². The molecule has 0 N–H and O–H groups in total. The van der Waals surface area contributed by atoms with E-state index in [2.05, 4.69) is 0 Å².